The third kappa shape index (κ3) is 7.04. The summed E-state index contributed by atoms with van der Waals surface area (Å²) < 4.78 is 36.8. The van der Waals surface area contributed by atoms with Crippen molar-refractivity contribution in [2.75, 3.05) is 17.4 Å². The monoisotopic (exact) mass is 481 g/mol. The van der Waals surface area contributed by atoms with Crippen LogP contribution in [0.25, 0.3) is 11.3 Å². The number of nitrogens with zero attached hydrogens (tertiary/aromatic N) is 2. The van der Waals surface area contributed by atoms with E-state index in [0.29, 0.717) is 5.56 Å². The number of carboxylic acids is 1. The van der Waals surface area contributed by atoms with Crippen molar-refractivity contribution in [1.82, 2.24) is 9.97 Å². The maximum atomic E-state index is 13.6. The lowest BCUT2D eigenvalue weighted by atomic mass is 9.84. The second-order valence-corrected chi connectivity index (χ2v) is 10.2. The Balaban J connectivity index is 2.80. The summed E-state index contributed by atoms with van der Waals surface area (Å²) in [5.41, 5.74) is 0.808. The standard InChI is InChI=1S/C22H28FN3O6S/c1-5-15(27)10-16(28)17(21(29)30)18-19(12(2)3)25-22(24-11-33(4,31)32)26-20(18)13-6-8-14(23)9-7-13/h5-9,12,15-17,27-28H,1,10-11H2,2-4H3,(H,29,30)(H,24,25,26)/t15-,16-,17?/m1/s1. The molecule has 1 aromatic carbocycles. The first kappa shape index (κ1) is 26.4. The van der Waals surface area contributed by atoms with Gasteiger partial charge in [0.2, 0.25) is 5.95 Å². The number of carboxylic acid groups (broad SMARTS) is 1. The zero-order valence-electron chi connectivity index (χ0n) is 18.6. The molecule has 0 bridgehead atoms. The van der Waals surface area contributed by atoms with Crippen molar-refractivity contribution in [3.8, 4) is 11.3 Å². The maximum absolute atomic E-state index is 13.6. The first-order valence-corrected chi connectivity index (χ1v) is 12.2. The third-order valence-electron chi connectivity index (χ3n) is 4.85. The summed E-state index contributed by atoms with van der Waals surface area (Å²) in [6, 6.07) is 5.14. The molecule has 33 heavy (non-hydrogen) atoms. The van der Waals surface area contributed by atoms with Crippen LogP contribution in [0.5, 0.6) is 0 Å². The summed E-state index contributed by atoms with van der Waals surface area (Å²) in [7, 11) is -3.42. The molecule has 180 valence electrons. The van der Waals surface area contributed by atoms with Crippen molar-refractivity contribution in [3.63, 3.8) is 0 Å². The predicted octanol–water partition coefficient (Wildman–Crippen LogP) is 2.29. The fourth-order valence-electron chi connectivity index (χ4n) is 3.30. The molecule has 4 N–H and O–H groups in total. The molecule has 0 aliphatic heterocycles. The third-order valence-corrected chi connectivity index (χ3v) is 5.52. The van der Waals surface area contributed by atoms with Crippen LogP contribution < -0.4 is 5.32 Å². The molecule has 11 heteroatoms. The predicted molar refractivity (Wildman–Crippen MR) is 122 cm³/mol. The molecule has 0 fully saturated rings. The number of hydrogen-bond acceptors (Lipinski definition) is 8. The lowest BCUT2D eigenvalue weighted by Crippen LogP contribution is -2.31. The summed E-state index contributed by atoms with van der Waals surface area (Å²) in [6.45, 7) is 6.94. The van der Waals surface area contributed by atoms with Crippen LogP contribution in [0, 0.1) is 5.82 Å². The van der Waals surface area contributed by atoms with E-state index in [9.17, 15) is 32.9 Å². The highest BCUT2D eigenvalue weighted by Crippen LogP contribution is 2.37. The summed E-state index contributed by atoms with van der Waals surface area (Å²) in [6.07, 6.45) is -0.753. The Kier molecular flexibility index (Phi) is 8.64. The number of benzene rings is 1. The highest BCUT2D eigenvalue weighted by molar-refractivity contribution is 7.90. The van der Waals surface area contributed by atoms with Crippen LogP contribution in [0.1, 0.15) is 43.4 Å². The Hall–Kier alpha value is -2.89. The van der Waals surface area contributed by atoms with Gasteiger partial charge in [-0.25, -0.2) is 22.8 Å². The maximum Gasteiger partial charge on any atom is 0.313 e. The van der Waals surface area contributed by atoms with Crippen LogP contribution in [-0.2, 0) is 14.6 Å². The number of aliphatic carboxylic acids is 1. The van der Waals surface area contributed by atoms with E-state index in [2.05, 4.69) is 21.9 Å². The van der Waals surface area contributed by atoms with Crippen molar-refractivity contribution in [1.29, 1.82) is 0 Å². The number of aromatic nitrogens is 2. The van der Waals surface area contributed by atoms with Gasteiger partial charge in [-0.05, 0) is 30.2 Å². The molecular weight excluding hydrogens is 453 g/mol. The molecular formula is C22H28FN3O6S. The first-order valence-electron chi connectivity index (χ1n) is 10.1. The van der Waals surface area contributed by atoms with Gasteiger partial charge in [0, 0.05) is 23.8 Å². The Morgan fingerprint density at radius 1 is 1.21 bits per heavy atom. The Morgan fingerprint density at radius 3 is 2.30 bits per heavy atom. The van der Waals surface area contributed by atoms with Crippen molar-refractivity contribution in [3.05, 3.63) is 54.0 Å². The van der Waals surface area contributed by atoms with Crippen LogP contribution in [0.2, 0.25) is 0 Å². The zero-order valence-corrected chi connectivity index (χ0v) is 19.4. The molecule has 2 aromatic rings. The van der Waals surface area contributed by atoms with Crippen molar-refractivity contribution >= 4 is 21.8 Å². The quantitative estimate of drug-likeness (QED) is 0.355. The highest BCUT2D eigenvalue weighted by atomic mass is 32.2. The molecule has 1 heterocycles. The summed E-state index contributed by atoms with van der Waals surface area (Å²) in [5.74, 6) is -4.27. The number of nitrogens with one attached hydrogen (secondary N) is 1. The average molecular weight is 482 g/mol. The normalized spacial score (nSPS) is 14.5. The molecule has 0 saturated carbocycles. The number of halogens is 1. The van der Waals surface area contributed by atoms with Gasteiger partial charge in [-0.2, -0.15) is 0 Å². The molecule has 1 aromatic heterocycles. The van der Waals surface area contributed by atoms with Gasteiger partial charge < -0.3 is 20.6 Å². The number of anilines is 1. The second kappa shape index (κ2) is 10.8. The van der Waals surface area contributed by atoms with E-state index < -0.39 is 45.6 Å². The van der Waals surface area contributed by atoms with Crippen molar-refractivity contribution in [2.45, 2.75) is 44.3 Å². The van der Waals surface area contributed by atoms with Crippen LogP contribution in [0.4, 0.5) is 10.3 Å². The second-order valence-electron chi connectivity index (χ2n) is 8.03. The zero-order chi connectivity index (χ0) is 24.9. The van der Waals surface area contributed by atoms with E-state index >= 15 is 0 Å². The lowest BCUT2D eigenvalue weighted by Gasteiger charge is -2.26. The van der Waals surface area contributed by atoms with E-state index in [-0.39, 0.29) is 35.2 Å². The summed E-state index contributed by atoms with van der Waals surface area (Å²) in [5, 5.41) is 33.2. The smallest absolute Gasteiger partial charge is 0.313 e. The molecule has 0 spiro atoms. The van der Waals surface area contributed by atoms with Gasteiger partial charge in [-0.15, -0.1) is 6.58 Å². The number of rotatable bonds is 11. The van der Waals surface area contributed by atoms with E-state index in [1.807, 2.05) is 0 Å². The number of aliphatic hydroxyl groups is 2. The minimum atomic E-state index is -3.42. The van der Waals surface area contributed by atoms with Crippen LogP contribution >= 0.6 is 0 Å². The van der Waals surface area contributed by atoms with Crippen LogP contribution in [0.3, 0.4) is 0 Å². The summed E-state index contributed by atoms with van der Waals surface area (Å²) in [4.78, 5) is 21.0. The number of hydrogen-bond donors (Lipinski definition) is 4. The van der Waals surface area contributed by atoms with E-state index in [1.54, 1.807) is 13.8 Å². The first-order chi connectivity index (χ1) is 15.3. The number of aliphatic hydroxyl groups excluding tert-OH is 2. The van der Waals surface area contributed by atoms with E-state index in [4.69, 9.17) is 0 Å². The molecule has 9 nitrogen and oxygen atoms in total. The van der Waals surface area contributed by atoms with Gasteiger partial charge in [-0.1, -0.05) is 19.9 Å². The summed E-state index contributed by atoms with van der Waals surface area (Å²) >= 11 is 0. The molecule has 0 radical (unpaired) electrons. The molecule has 1 unspecified atom stereocenters. The largest absolute Gasteiger partial charge is 0.481 e. The molecule has 0 saturated heterocycles. The van der Waals surface area contributed by atoms with E-state index in [1.165, 1.54) is 30.3 Å². The van der Waals surface area contributed by atoms with Crippen molar-refractivity contribution < 1.29 is 32.9 Å². The fourth-order valence-corrected chi connectivity index (χ4v) is 3.69. The fraction of sp³-hybridized carbons (Fsp3) is 0.409. The molecule has 0 amide bonds. The lowest BCUT2D eigenvalue weighted by molar-refractivity contribution is -0.142. The van der Waals surface area contributed by atoms with Gasteiger partial charge in [0.1, 0.15) is 17.6 Å². The van der Waals surface area contributed by atoms with Gasteiger partial charge >= 0.3 is 5.97 Å². The Labute approximate surface area is 192 Å². The molecule has 3 atom stereocenters. The Morgan fingerprint density at radius 2 is 1.82 bits per heavy atom. The van der Waals surface area contributed by atoms with Gasteiger partial charge in [0.15, 0.2) is 9.84 Å². The van der Waals surface area contributed by atoms with Crippen LogP contribution in [0.15, 0.2) is 36.9 Å². The SMILES string of the molecule is C=C[C@@H](O)C[C@@H](O)C(C(=O)O)c1c(-c2ccc(F)cc2)nc(NCS(C)(=O)=O)nc1C(C)C. The molecule has 2 rings (SSSR count). The van der Waals surface area contributed by atoms with Crippen LogP contribution in [-0.4, -0.2) is 64.0 Å². The average Bonchev–Trinajstić information content (AvgIpc) is 2.72. The van der Waals surface area contributed by atoms with E-state index in [0.717, 1.165) is 6.26 Å². The molecule has 0 aliphatic rings. The topological polar surface area (TPSA) is 150 Å². The van der Waals surface area contributed by atoms with Crippen molar-refractivity contribution in [2.24, 2.45) is 0 Å². The van der Waals surface area contributed by atoms with Gasteiger partial charge in [-0.3, -0.25) is 4.79 Å². The molecule has 0 aliphatic carbocycles. The number of carbonyl (C=O) groups is 1. The van der Waals surface area contributed by atoms with Gasteiger partial charge in [0.05, 0.1) is 23.6 Å². The van der Waals surface area contributed by atoms with Gasteiger partial charge in [0.25, 0.3) is 0 Å². The number of sulfone groups is 1. The highest BCUT2D eigenvalue weighted by Gasteiger charge is 2.36. The minimum absolute atomic E-state index is 0.0584. The minimum Gasteiger partial charge on any atom is -0.481 e. The Bertz CT molecular complexity index is 1110.